The molecule has 11 rings (SSSR count). The quantitative estimate of drug-likeness (QED) is 0.184. The predicted molar refractivity (Wildman–Crippen MR) is 216 cm³/mol. The van der Waals surface area contributed by atoms with Crippen molar-refractivity contribution in [2.45, 2.75) is 10.8 Å². The van der Waals surface area contributed by atoms with Gasteiger partial charge in [0, 0.05) is 29.5 Å². The number of nitrogens with zero attached hydrogens (tertiary/aromatic N) is 1. The Labute approximate surface area is 310 Å². The highest BCUT2D eigenvalue weighted by Gasteiger charge is 2.51. The van der Waals surface area contributed by atoms with E-state index in [2.05, 4.69) is 206 Å². The minimum atomic E-state index is -0.463. The second-order valence-electron chi connectivity index (χ2n) is 14.4. The number of hydrogen-bond acceptors (Lipinski definition) is 2. The first-order valence-electron chi connectivity index (χ1n) is 18.4. The Balaban J connectivity index is 1.05. The fraction of sp³-hybridized carbons (Fsp3) is 0.0588. The second-order valence-corrected chi connectivity index (χ2v) is 14.4. The first-order chi connectivity index (χ1) is 26.2. The average Bonchev–Trinajstić information content (AvgIpc) is 3.69. The molecule has 0 radical (unpaired) electrons. The van der Waals surface area contributed by atoms with Gasteiger partial charge in [-0.3, -0.25) is 0 Å². The summed E-state index contributed by atoms with van der Waals surface area (Å²) in [5, 5.41) is 0. The van der Waals surface area contributed by atoms with E-state index >= 15 is 0 Å². The van der Waals surface area contributed by atoms with Crippen molar-refractivity contribution in [3.05, 3.63) is 239 Å². The zero-order valence-electron chi connectivity index (χ0n) is 29.3. The maximum atomic E-state index is 6.53. The van der Waals surface area contributed by atoms with Crippen LogP contribution < -0.4 is 9.64 Å². The molecule has 0 unspecified atom stereocenters. The van der Waals surface area contributed by atoms with E-state index in [-0.39, 0.29) is 0 Å². The summed E-state index contributed by atoms with van der Waals surface area (Å²) in [6.45, 7) is 0. The van der Waals surface area contributed by atoms with E-state index in [1.807, 2.05) is 0 Å². The maximum absolute atomic E-state index is 6.53. The van der Waals surface area contributed by atoms with Crippen LogP contribution in [-0.2, 0) is 10.8 Å². The molecule has 8 aromatic rings. The van der Waals surface area contributed by atoms with Gasteiger partial charge >= 0.3 is 0 Å². The lowest BCUT2D eigenvalue weighted by Crippen LogP contribution is -2.32. The van der Waals surface area contributed by atoms with Gasteiger partial charge in [-0.2, -0.15) is 0 Å². The lowest BCUT2D eigenvalue weighted by Gasteiger charge is -2.39. The Kier molecular flexibility index (Phi) is 6.33. The zero-order valence-corrected chi connectivity index (χ0v) is 29.3. The third kappa shape index (κ3) is 3.93. The molecule has 250 valence electrons. The molecule has 2 aliphatic carbocycles. The van der Waals surface area contributed by atoms with Crippen LogP contribution in [0.1, 0.15) is 44.5 Å². The molecule has 1 heterocycles. The SMILES string of the molecule is CN(c1ccc(C2(c3ccccc3)c3ccccc3-c3ccccc32)cc1)c1ccc2c(c1)-c1ccccc1C21c2ccccc2Oc2ccccc21. The van der Waals surface area contributed by atoms with Crippen molar-refractivity contribution in [1.29, 1.82) is 0 Å². The summed E-state index contributed by atoms with van der Waals surface area (Å²) in [5.74, 6) is 1.83. The molecule has 2 heteroatoms. The molecule has 2 nitrogen and oxygen atoms in total. The van der Waals surface area contributed by atoms with Crippen molar-refractivity contribution < 1.29 is 4.74 Å². The molecule has 0 bridgehead atoms. The standard InChI is InChI=1S/C51H35NO/c1-52(36-29-27-35(28-30-36)50(34-15-3-2-4-16-34)42-20-8-5-17-38(42)39-18-6-9-21-43(39)50)37-31-32-45-41(33-37)40-19-7-10-22-44(40)51(45)46-23-11-13-25-48(46)53-49-26-14-12-24-47(49)51/h2-33H,1H3. The van der Waals surface area contributed by atoms with Crippen LogP contribution in [0.2, 0.25) is 0 Å². The van der Waals surface area contributed by atoms with E-state index in [9.17, 15) is 0 Å². The largest absolute Gasteiger partial charge is 0.457 e. The molecule has 0 aromatic heterocycles. The highest BCUT2D eigenvalue weighted by molar-refractivity contribution is 5.91. The highest BCUT2D eigenvalue weighted by Crippen LogP contribution is 2.62. The molecule has 0 atom stereocenters. The number of ether oxygens (including phenoxy) is 1. The normalized spacial score (nSPS) is 14.6. The van der Waals surface area contributed by atoms with Crippen LogP contribution in [0.4, 0.5) is 11.4 Å². The summed E-state index contributed by atoms with van der Waals surface area (Å²) in [6.07, 6.45) is 0. The Morgan fingerprint density at radius 1 is 0.340 bits per heavy atom. The molecule has 8 aromatic carbocycles. The maximum Gasteiger partial charge on any atom is 0.132 e. The molecule has 53 heavy (non-hydrogen) atoms. The van der Waals surface area contributed by atoms with Crippen molar-refractivity contribution >= 4 is 11.4 Å². The molecule has 0 N–H and O–H groups in total. The average molecular weight is 678 g/mol. The first-order valence-corrected chi connectivity index (χ1v) is 18.4. The van der Waals surface area contributed by atoms with Gasteiger partial charge in [-0.15, -0.1) is 0 Å². The van der Waals surface area contributed by atoms with Crippen molar-refractivity contribution in [2.24, 2.45) is 0 Å². The first kappa shape index (κ1) is 30.0. The molecule has 0 amide bonds. The second kappa shape index (κ2) is 11.2. The third-order valence-electron chi connectivity index (χ3n) is 12.1. The van der Waals surface area contributed by atoms with Crippen molar-refractivity contribution in [1.82, 2.24) is 0 Å². The van der Waals surface area contributed by atoms with Crippen molar-refractivity contribution in [3.63, 3.8) is 0 Å². The Morgan fingerprint density at radius 2 is 0.755 bits per heavy atom. The van der Waals surface area contributed by atoms with Crippen LogP contribution in [0.3, 0.4) is 0 Å². The number of benzene rings is 8. The third-order valence-corrected chi connectivity index (χ3v) is 12.1. The highest BCUT2D eigenvalue weighted by atomic mass is 16.5. The van der Waals surface area contributed by atoms with E-state index < -0.39 is 10.8 Å². The summed E-state index contributed by atoms with van der Waals surface area (Å²) < 4.78 is 6.53. The van der Waals surface area contributed by atoms with Gasteiger partial charge in [0.2, 0.25) is 0 Å². The molecule has 1 aliphatic heterocycles. The number of fused-ring (bicyclic) bond motifs is 12. The van der Waals surface area contributed by atoms with Gasteiger partial charge in [-0.25, -0.2) is 0 Å². The van der Waals surface area contributed by atoms with Gasteiger partial charge < -0.3 is 9.64 Å². The lowest BCUT2D eigenvalue weighted by atomic mass is 9.66. The van der Waals surface area contributed by atoms with E-state index in [4.69, 9.17) is 4.74 Å². The van der Waals surface area contributed by atoms with Crippen LogP contribution in [-0.4, -0.2) is 7.05 Å². The van der Waals surface area contributed by atoms with Crippen molar-refractivity contribution in [3.8, 4) is 33.8 Å². The number of hydrogen-bond donors (Lipinski definition) is 0. The molecule has 3 aliphatic rings. The topological polar surface area (TPSA) is 12.5 Å². The number of rotatable bonds is 4. The molecule has 0 fully saturated rings. The summed E-state index contributed by atoms with van der Waals surface area (Å²) >= 11 is 0. The van der Waals surface area contributed by atoms with Gasteiger partial charge in [0.15, 0.2) is 0 Å². The minimum Gasteiger partial charge on any atom is -0.457 e. The number of para-hydroxylation sites is 2. The van der Waals surface area contributed by atoms with Crippen LogP contribution >= 0.6 is 0 Å². The van der Waals surface area contributed by atoms with E-state index in [0.717, 1.165) is 22.9 Å². The Hall–Kier alpha value is -6.64. The van der Waals surface area contributed by atoms with E-state index in [1.165, 1.54) is 66.8 Å². The summed E-state index contributed by atoms with van der Waals surface area (Å²) in [4.78, 5) is 2.31. The van der Waals surface area contributed by atoms with Crippen LogP contribution in [0.25, 0.3) is 22.3 Å². The Morgan fingerprint density at radius 3 is 1.34 bits per heavy atom. The van der Waals surface area contributed by atoms with Gasteiger partial charge in [-0.1, -0.05) is 158 Å². The lowest BCUT2D eigenvalue weighted by molar-refractivity contribution is 0.436. The van der Waals surface area contributed by atoms with Gasteiger partial charge in [0.05, 0.1) is 10.8 Å². The van der Waals surface area contributed by atoms with Crippen LogP contribution in [0, 0.1) is 0 Å². The molecule has 0 saturated heterocycles. The summed E-state index contributed by atoms with van der Waals surface area (Å²) in [7, 11) is 2.18. The molecule has 1 spiro atoms. The Bertz CT molecular complexity index is 2640. The molecule has 0 saturated carbocycles. The van der Waals surface area contributed by atoms with Crippen LogP contribution in [0.5, 0.6) is 11.5 Å². The molecular formula is C51H35NO. The minimum absolute atomic E-state index is 0.409. The smallest absolute Gasteiger partial charge is 0.132 e. The predicted octanol–water partition coefficient (Wildman–Crippen LogP) is 12.3. The van der Waals surface area contributed by atoms with Gasteiger partial charge in [-0.05, 0) is 92.0 Å². The van der Waals surface area contributed by atoms with E-state index in [1.54, 1.807) is 0 Å². The van der Waals surface area contributed by atoms with Gasteiger partial charge in [0.1, 0.15) is 11.5 Å². The monoisotopic (exact) mass is 677 g/mol. The van der Waals surface area contributed by atoms with Crippen LogP contribution in [0.15, 0.2) is 194 Å². The fourth-order valence-electron chi connectivity index (χ4n) is 9.85. The van der Waals surface area contributed by atoms with Gasteiger partial charge in [0.25, 0.3) is 0 Å². The van der Waals surface area contributed by atoms with E-state index in [0.29, 0.717) is 0 Å². The summed E-state index contributed by atoms with van der Waals surface area (Å²) in [6, 6.07) is 71.1. The zero-order chi connectivity index (χ0) is 35.1. The molecular weight excluding hydrogens is 643 g/mol. The van der Waals surface area contributed by atoms with Crippen molar-refractivity contribution in [2.75, 3.05) is 11.9 Å². The number of anilines is 2. The summed E-state index contributed by atoms with van der Waals surface area (Å²) in [5.41, 5.74) is 16.7. The fourth-order valence-corrected chi connectivity index (χ4v) is 9.85.